The number of hydrazone groups is 1. The van der Waals surface area contributed by atoms with Crippen molar-refractivity contribution in [2.75, 3.05) is 5.32 Å². The van der Waals surface area contributed by atoms with Crippen LogP contribution in [0.3, 0.4) is 0 Å². The zero-order valence-corrected chi connectivity index (χ0v) is 15.5. The molecule has 132 valence electrons. The summed E-state index contributed by atoms with van der Waals surface area (Å²) in [5.41, 5.74) is 5.77. The van der Waals surface area contributed by atoms with Crippen LogP contribution in [0.5, 0.6) is 0 Å². The van der Waals surface area contributed by atoms with Gasteiger partial charge in [0, 0.05) is 6.07 Å². The molecular formula is C19H21F2N3S. The standard InChI is InChI=1S/C19H21F2N3S/c1-12(13-5-7-14(8-6-13)19(2,3)4)23-24-18(25)22-17-10-9-15(20)11-16(17)21/h5-11H,1-4H3,(H2,22,24,25)/b23-12-. The molecule has 2 rings (SSSR count). The van der Waals surface area contributed by atoms with Crippen molar-refractivity contribution in [1.29, 1.82) is 0 Å². The summed E-state index contributed by atoms with van der Waals surface area (Å²) in [5.74, 6) is -1.36. The van der Waals surface area contributed by atoms with Gasteiger partial charge in [-0.2, -0.15) is 5.10 Å². The number of halogens is 2. The van der Waals surface area contributed by atoms with E-state index < -0.39 is 11.6 Å². The minimum atomic E-state index is -0.720. The lowest BCUT2D eigenvalue weighted by Gasteiger charge is -2.19. The highest BCUT2D eigenvalue weighted by molar-refractivity contribution is 7.80. The molecule has 0 heterocycles. The molecule has 0 atom stereocenters. The van der Waals surface area contributed by atoms with E-state index in [1.54, 1.807) is 0 Å². The zero-order chi connectivity index (χ0) is 18.6. The second-order valence-corrected chi connectivity index (χ2v) is 7.12. The van der Waals surface area contributed by atoms with Gasteiger partial charge >= 0.3 is 0 Å². The van der Waals surface area contributed by atoms with E-state index in [1.165, 1.54) is 11.6 Å². The van der Waals surface area contributed by atoms with Gasteiger partial charge in [0.2, 0.25) is 0 Å². The van der Waals surface area contributed by atoms with E-state index in [-0.39, 0.29) is 16.2 Å². The summed E-state index contributed by atoms with van der Waals surface area (Å²) in [6.07, 6.45) is 0. The number of benzene rings is 2. The Morgan fingerprint density at radius 1 is 1.04 bits per heavy atom. The number of nitrogens with zero attached hydrogens (tertiary/aromatic N) is 1. The molecule has 0 fully saturated rings. The van der Waals surface area contributed by atoms with Crippen molar-refractivity contribution >= 4 is 28.7 Å². The van der Waals surface area contributed by atoms with Crippen molar-refractivity contribution in [3.8, 4) is 0 Å². The Kier molecular flexibility index (Phi) is 5.85. The predicted molar refractivity (Wildman–Crippen MR) is 103 cm³/mol. The van der Waals surface area contributed by atoms with Crippen molar-refractivity contribution in [2.24, 2.45) is 5.10 Å². The van der Waals surface area contributed by atoms with E-state index in [2.05, 4.69) is 48.7 Å². The lowest BCUT2D eigenvalue weighted by Crippen LogP contribution is -2.25. The third-order valence-electron chi connectivity index (χ3n) is 3.67. The molecule has 6 heteroatoms. The van der Waals surface area contributed by atoms with Crippen molar-refractivity contribution in [3.63, 3.8) is 0 Å². The maximum atomic E-state index is 13.6. The fraction of sp³-hybridized carbons (Fsp3) is 0.263. The first-order chi connectivity index (χ1) is 11.7. The van der Waals surface area contributed by atoms with Crippen molar-refractivity contribution in [3.05, 3.63) is 65.2 Å². The van der Waals surface area contributed by atoms with E-state index in [1.807, 2.05) is 19.1 Å². The van der Waals surface area contributed by atoms with E-state index in [0.717, 1.165) is 23.4 Å². The number of rotatable bonds is 3. The van der Waals surface area contributed by atoms with Gasteiger partial charge in [-0.1, -0.05) is 45.0 Å². The molecular weight excluding hydrogens is 340 g/mol. The molecule has 2 aromatic carbocycles. The topological polar surface area (TPSA) is 36.4 Å². The molecule has 0 aromatic heterocycles. The number of nitrogens with one attached hydrogen (secondary N) is 2. The molecule has 2 aromatic rings. The highest BCUT2D eigenvalue weighted by Gasteiger charge is 2.13. The third kappa shape index (κ3) is 5.32. The fourth-order valence-corrected chi connectivity index (χ4v) is 2.31. The second-order valence-electron chi connectivity index (χ2n) is 6.71. The maximum Gasteiger partial charge on any atom is 0.191 e. The number of anilines is 1. The summed E-state index contributed by atoms with van der Waals surface area (Å²) >= 11 is 5.08. The molecule has 2 N–H and O–H groups in total. The minimum absolute atomic E-state index is 0.0845. The smallest absolute Gasteiger partial charge is 0.191 e. The molecule has 0 saturated carbocycles. The lowest BCUT2D eigenvalue weighted by atomic mass is 9.86. The quantitative estimate of drug-likeness (QED) is 0.460. The van der Waals surface area contributed by atoms with Crippen molar-refractivity contribution < 1.29 is 8.78 Å². The molecule has 25 heavy (non-hydrogen) atoms. The molecule has 0 aliphatic carbocycles. The van der Waals surface area contributed by atoms with E-state index in [4.69, 9.17) is 12.2 Å². The van der Waals surface area contributed by atoms with Crippen LogP contribution in [-0.4, -0.2) is 10.8 Å². The molecule has 0 spiro atoms. The third-order valence-corrected chi connectivity index (χ3v) is 3.87. The van der Waals surface area contributed by atoms with Crippen molar-refractivity contribution in [1.82, 2.24) is 5.43 Å². The van der Waals surface area contributed by atoms with Crippen LogP contribution in [0.25, 0.3) is 0 Å². The molecule has 0 aliphatic rings. The largest absolute Gasteiger partial charge is 0.329 e. The highest BCUT2D eigenvalue weighted by atomic mass is 32.1. The van der Waals surface area contributed by atoms with Crippen molar-refractivity contribution in [2.45, 2.75) is 33.1 Å². The van der Waals surface area contributed by atoms with Crippen LogP contribution in [0.4, 0.5) is 14.5 Å². The highest BCUT2D eigenvalue weighted by Crippen LogP contribution is 2.22. The number of hydrogen-bond acceptors (Lipinski definition) is 2. The second kappa shape index (κ2) is 7.70. The van der Waals surface area contributed by atoms with E-state index in [9.17, 15) is 8.78 Å². The zero-order valence-electron chi connectivity index (χ0n) is 14.7. The van der Waals surface area contributed by atoms with Crippen LogP contribution in [0, 0.1) is 11.6 Å². The Hall–Kier alpha value is -2.34. The minimum Gasteiger partial charge on any atom is -0.329 e. The monoisotopic (exact) mass is 361 g/mol. The van der Waals surface area contributed by atoms with Crippen LogP contribution >= 0.6 is 12.2 Å². The molecule has 0 aliphatic heterocycles. The summed E-state index contributed by atoms with van der Waals surface area (Å²) < 4.78 is 26.5. The molecule has 3 nitrogen and oxygen atoms in total. The van der Waals surface area contributed by atoms with Gasteiger partial charge in [0.1, 0.15) is 11.6 Å². The number of hydrogen-bond donors (Lipinski definition) is 2. The van der Waals surface area contributed by atoms with Crippen LogP contribution < -0.4 is 10.7 Å². The average molecular weight is 361 g/mol. The summed E-state index contributed by atoms with van der Waals surface area (Å²) in [7, 11) is 0. The van der Waals surface area contributed by atoms with Gasteiger partial charge in [0.15, 0.2) is 5.11 Å². The first kappa shape index (κ1) is 19.0. The van der Waals surface area contributed by atoms with Crippen LogP contribution in [0.1, 0.15) is 38.8 Å². The number of thiocarbonyl (C=S) groups is 1. The molecule has 0 radical (unpaired) electrons. The summed E-state index contributed by atoms with van der Waals surface area (Å²) in [5, 5.41) is 6.96. The summed E-state index contributed by atoms with van der Waals surface area (Å²) in [4.78, 5) is 0. The average Bonchev–Trinajstić information content (AvgIpc) is 2.54. The van der Waals surface area contributed by atoms with Gasteiger partial charge in [-0.25, -0.2) is 8.78 Å². The van der Waals surface area contributed by atoms with E-state index >= 15 is 0 Å². The molecule has 0 amide bonds. The summed E-state index contributed by atoms with van der Waals surface area (Å²) in [6.45, 7) is 8.32. The molecule has 0 bridgehead atoms. The lowest BCUT2D eigenvalue weighted by molar-refractivity contribution is 0.586. The van der Waals surface area contributed by atoms with Gasteiger partial charge in [0.25, 0.3) is 0 Å². The Morgan fingerprint density at radius 3 is 2.24 bits per heavy atom. The maximum absolute atomic E-state index is 13.6. The van der Waals surface area contributed by atoms with Crippen LogP contribution in [0.15, 0.2) is 47.6 Å². The first-order valence-corrected chi connectivity index (χ1v) is 8.25. The Balaban J connectivity index is 2.01. The normalized spacial score (nSPS) is 12.0. The molecule has 0 unspecified atom stereocenters. The first-order valence-electron chi connectivity index (χ1n) is 7.84. The van der Waals surface area contributed by atoms with Gasteiger partial charge < -0.3 is 5.32 Å². The SMILES string of the molecule is C/C(=N/NC(=S)Nc1ccc(F)cc1F)c1ccc(C(C)(C)C)cc1. The van der Waals surface area contributed by atoms with Crippen LogP contribution in [-0.2, 0) is 5.41 Å². The predicted octanol–water partition coefficient (Wildman–Crippen LogP) is 4.97. The van der Waals surface area contributed by atoms with E-state index in [0.29, 0.717) is 0 Å². The molecule has 0 saturated heterocycles. The van der Waals surface area contributed by atoms with Gasteiger partial charge in [-0.15, -0.1) is 0 Å². The Bertz CT molecular complexity index is 793. The Labute approximate surface area is 152 Å². The Morgan fingerprint density at radius 2 is 1.68 bits per heavy atom. The van der Waals surface area contributed by atoms with Gasteiger partial charge in [0.05, 0.1) is 11.4 Å². The van der Waals surface area contributed by atoms with Gasteiger partial charge in [-0.05, 0) is 47.8 Å². The summed E-state index contributed by atoms with van der Waals surface area (Å²) in [6, 6.07) is 11.3. The fourth-order valence-electron chi connectivity index (χ4n) is 2.15. The van der Waals surface area contributed by atoms with Crippen LogP contribution in [0.2, 0.25) is 0 Å². The van der Waals surface area contributed by atoms with Gasteiger partial charge in [-0.3, -0.25) is 5.43 Å².